The largest absolute Gasteiger partial charge is 0.455 e. The molecule has 0 amide bonds. The number of fused-ring (bicyclic) bond motifs is 8. The highest BCUT2D eigenvalue weighted by Crippen LogP contribution is 2.49. The third kappa shape index (κ3) is 6.68. The zero-order valence-corrected chi connectivity index (χ0v) is 37.4. The van der Waals surface area contributed by atoms with Crippen LogP contribution in [0.3, 0.4) is 0 Å². The predicted molar refractivity (Wildman–Crippen MR) is 276 cm³/mol. The number of furan rings is 1. The van der Waals surface area contributed by atoms with Gasteiger partial charge in [0.25, 0.3) is 0 Å². The molecular weight excluding hydrogens is 831 g/mol. The number of hydrogen-bond donors (Lipinski definition) is 0. The van der Waals surface area contributed by atoms with E-state index in [9.17, 15) is 0 Å². The van der Waals surface area contributed by atoms with Crippen LogP contribution in [0.5, 0.6) is 0 Å². The van der Waals surface area contributed by atoms with E-state index in [4.69, 9.17) is 29.3 Å². The van der Waals surface area contributed by atoms with Gasteiger partial charge in [0.2, 0.25) is 0 Å². The maximum absolute atomic E-state index is 6.60. The third-order valence-electron chi connectivity index (χ3n) is 13.5. The molecule has 1 aliphatic rings. The van der Waals surface area contributed by atoms with Crippen molar-refractivity contribution in [2.24, 2.45) is 0 Å². The quantitative estimate of drug-likeness (QED) is 0.159. The molecule has 0 spiro atoms. The number of nitrogens with zero attached hydrogens (tertiary/aromatic N) is 5. The molecule has 0 unspecified atom stereocenters. The SMILES string of the molecule is CC1(C)c2ccccc2-c2ccc(-c3nc(-c4ccccc4)nc(-c4cccc(-c5cccc(-c6cc(-c7ccc8c(c7)oc7c9ccccc9ccc87)nc(-c7ccccc7)n6)c5)c4)n3)cc21. The van der Waals surface area contributed by atoms with E-state index >= 15 is 0 Å². The van der Waals surface area contributed by atoms with Crippen molar-refractivity contribution in [2.75, 3.05) is 0 Å². The molecular formula is C62H41N5O. The minimum atomic E-state index is -0.154. The molecule has 3 heterocycles. The Kier molecular flexibility index (Phi) is 9.08. The van der Waals surface area contributed by atoms with Gasteiger partial charge in [-0.25, -0.2) is 24.9 Å². The maximum Gasteiger partial charge on any atom is 0.164 e. The van der Waals surface area contributed by atoms with Crippen LogP contribution in [0.4, 0.5) is 0 Å². The van der Waals surface area contributed by atoms with E-state index in [2.05, 4.69) is 178 Å². The van der Waals surface area contributed by atoms with Crippen LogP contribution in [0, 0.1) is 0 Å². The van der Waals surface area contributed by atoms with Crippen molar-refractivity contribution in [3.8, 4) is 90.3 Å². The molecule has 320 valence electrons. The topological polar surface area (TPSA) is 77.6 Å². The molecule has 0 bridgehead atoms. The van der Waals surface area contributed by atoms with Gasteiger partial charge < -0.3 is 4.42 Å². The number of hydrogen-bond acceptors (Lipinski definition) is 6. The van der Waals surface area contributed by atoms with Gasteiger partial charge in [0.15, 0.2) is 23.3 Å². The molecule has 0 N–H and O–H groups in total. The average molecular weight is 872 g/mol. The van der Waals surface area contributed by atoms with Crippen molar-refractivity contribution in [1.29, 1.82) is 0 Å². The second-order valence-corrected chi connectivity index (χ2v) is 18.1. The summed E-state index contributed by atoms with van der Waals surface area (Å²) < 4.78 is 6.60. The Morgan fingerprint density at radius 1 is 0.324 bits per heavy atom. The summed E-state index contributed by atoms with van der Waals surface area (Å²) in [6.45, 7) is 4.60. The van der Waals surface area contributed by atoms with Crippen LogP contribution >= 0.6 is 0 Å². The molecule has 12 aromatic rings. The average Bonchev–Trinajstić information content (AvgIpc) is 3.90. The van der Waals surface area contributed by atoms with Crippen molar-refractivity contribution >= 4 is 32.7 Å². The molecule has 1 aliphatic carbocycles. The predicted octanol–water partition coefficient (Wildman–Crippen LogP) is 15.7. The summed E-state index contributed by atoms with van der Waals surface area (Å²) in [7, 11) is 0. The van der Waals surface area contributed by atoms with Crippen LogP contribution in [-0.4, -0.2) is 24.9 Å². The first-order chi connectivity index (χ1) is 33.4. The van der Waals surface area contributed by atoms with E-state index in [1.165, 1.54) is 22.3 Å². The van der Waals surface area contributed by atoms with Gasteiger partial charge >= 0.3 is 0 Å². The van der Waals surface area contributed by atoms with E-state index in [0.717, 1.165) is 88.6 Å². The van der Waals surface area contributed by atoms with Gasteiger partial charge in [-0.15, -0.1) is 0 Å². The van der Waals surface area contributed by atoms with Crippen LogP contribution < -0.4 is 0 Å². The lowest BCUT2D eigenvalue weighted by molar-refractivity contribution is 0.660. The first kappa shape index (κ1) is 39.5. The Morgan fingerprint density at radius 3 is 1.57 bits per heavy atom. The fourth-order valence-corrected chi connectivity index (χ4v) is 10.0. The molecule has 13 rings (SSSR count). The van der Waals surface area contributed by atoms with Gasteiger partial charge in [0.1, 0.15) is 11.2 Å². The summed E-state index contributed by atoms with van der Waals surface area (Å²) in [6.07, 6.45) is 0. The van der Waals surface area contributed by atoms with Crippen molar-refractivity contribution in [1.82, 2.24) is 24.9 Å². The van der Waals surface area contributed by atoms with Crippen LogP contribution in [0.25, 0.3) is 123 Å². The van der Waals surface area contributed by atoms with Gasteiger partial charge in [0, 0.05) is 55.0 Å². The Morgan fingerprint density at radius 2 is 0.838 bits per heavy atom. The monoisotopic (exact) mass is 871 g/mol. The summed E-state index contributed by atoms with van der Waals surface area (Å²) in [5.74, 6) is 2.52. The van der Waals surface area contributed by atoms with Crippen LogP contribution in [0.15, 0.2) is 217 Å². The molecule has 6 heteroatoms. The smallest absolute Gasteiger partial charge is 0.164 e. The second-order valence-electron chi connectivity index (χ2n) is 18.1. The van der Waals surface area contributed by atoms with E-state index in [1.807, 2.05) is 48.5 Å². The normalized spacial score (nSPS) is 12.7. The molecule has 6 nitrogen and oxygen atoms in total. The third-order valence-corrected chi connectivity index (χ3v) is 13.5. The van der Waals surface area contributed by atoms with E-state index in [0.29, 0.717) is 23.3 Å². The van der Waals surface area contributed by atoms with Crippen molar-refractivity contribution in [2.45, 2.75) is 19.3 Å². The number of rotatable bonds is 7. The lowest BCUT2D eigenvalue weighted by Crippen LogP contribution is -2.15. The summed E-state index contributed by atoms with van der Waals surface area (Å²) in [6, 6.07) is 73.8. The zero-order chi connectivity index (χ0) is 45.3. The highest BCUT2D eigenvalue weighted by molar-refractivity contribution is 6.15. The molecule has 0 aliphatic heterocycles. The van der Waals surface area contributed by atoms with E-state index < -0.39 is 0 Å². The summed E-state index contributed by atoms with van der Waals surface area (Å²) in [4.78, 5) is 25.8. The van der Waals surface area contributed by atoms with Crippen LogP contribution in [0.1, 0.15) is 25.0 Å². The first-order valence-corrected chi connectivity index (χ1v) is 23.0. The summed E-state index contributed by atoms with van der Waals surface area (Å²) in [5.41, 5.74) is 16.1. The molecule has 0 atom stereocenters. The van der Waals surface area contributed by atoms with E-state index in [1.54, 1.807) is 0 Å². The lowest BCUT2D eigenvalue weighted by atomic mass is 9.82. The fraction of sp³-hybridized carbons (Fsp3) is 0.0484. The second kappa shape index (κ2) is 15.6. The standard InChI is InChI=1S/C62H41N5O/c1-62(2)52-26-12-11-25-48(52)49-30-29-46(35-53(49)62)61-66-59(40-18-7-4-8-19-40)65-60(67-61)45-23-14-21-42(34-45)41-20-13-22-43(33-41)54-37-55(64-58(63-54)39-16-5-3-6-17-39)44-28-31-50-51-32-27-38-15-9-10-24-47(38)57(51)68-56(50)36-44/h3-37H,1-2H3. The van der Waals surface area contributed by atoms with Gasteiger partial charge in [-0.3, -0.25) is 0 Å². The first-order valence-electron chi connectivity index (χ1n) is 23.0. The lowest BCUT2D eigenvalue weighted by Gasteiger charge is -2.21. The van der Waals surface area contributed by atoms with Crippen LogP contribution in [0.2, 0.25) is 0 Å². The van der Waals surface area contributed by atoms with E-state index in [-0.39, 0.29) is 5.41 Å². The molecule has 0 radical (unpaired) electrons. The van der Waals surface area contributed by atoms with Crippen molar-refractivity contribution in [3.63, 3.8) is 0 Å². The fourth-order valence-electron chi connectivity index (χ4n) is 10.0. The molecule has 68 heavy (non-hydrogen) atoms. The highest BCUT2D eigenvalue weighted by atomic mass is 16.3. The highest BCUT2D eigenvalue weighted by Gasteiger charge is 2.35. The summed E-state index contributed by atoms with van der Waals surface area (Å²) >= 11 is 0. The summed E-state index contributed by atoms with van der Waals surface area (Å²) in [5, 5.41) is 4.43. The Balaban J connectivity index is 0.892. The Labute approximate surface area is 393 Å². The molecule has 9 aromatic carbocycles. The van der Waals surface area contributed by atoms with Gasteiger partial charge in [-0.2, -0.15) is 0 Å². The molecule has 0 fully saturated rings. The number of benzene rings is 9. The molecule has 0 saturated heterocycles. The minimum absolute atomic E-state index is 0.154. The van der Waals surface area contributed by atoms with Gasteiger partial charge in [0.05, 0.1) is 11.4 Å². The Bertz CT molecular complexity index is 3950. The maximum atomic E-state index is 6.60. The van der Waals surface area contributed by atoms with Gasteiger partial charge in [-0.1, -0.05) is 184 Å². The molecule has 0 saturated carbocycles. The number of aromatic nitrogens is 5. The molecule has 3 aromatic heterocycles. The van der Waals surface area contributed by atoms with Crippen molar-refractivity contribution < 1.29 is 4.42 Å². The minimum Gasteiger partial charge on any atom is -0.455 e. The van der Waals surface area contributed by atoms with Gasteiger partial charge in [-0.05, 0) is 81.2 Å². The zero-order valence-electron chi connectivity index (χ0n) is 37.4. The van der Waals surface area contributed by atoms with Crippen molar-refractivity contribution in [3.05, 3.63) is 223 Å². The van der Waals surface area contributed by atoms with Crippen LogP contribution in [-0.2, 0) is 5.41 Å². The Hall–Kier alpha value is -8.87.